The van der Waals surface area contributed by atoms with Crippen LogP contribution in [0, 0.1) is 11.6 Å². The fourth-order valence-electron chi connectivity index (χ4n) is 4.10. The first-order valence-corrected chi connectivity index (χ1v) is 10.00. The number of carbonyl (C=O) groups excluding carboxylic acids is 1. The van der Waals surface area contributed by atoms with E-state index in [2.05, 4.69) is 0 Å². The van der Waals surface area contributed by atoms with E-state index in [9.17, 15) is 22.0 Å². The minimum atomic E-state index is -3.94. The summed E-state index contributed by atoms with van der Waals surface area (Å²) in [5, 5.41) is 0. The number of likely N-dealkylation sites (N-methyl/N-ethyl adjacent to an activating group) is 1. The van der Waals surface area contributed by atoms with Gasteiger partial charge < -0.3 is 4.90 Å². The molecule has 0 unspecified atom stereocenters. The van der Waals surface area contributed by atoms with E-state index in [-0.39, 0.29) is 17.3 Å². The highest BCUT2D eigenvalue weighted by Gasteiger charge is 2.46. The number of nitrogens with zero attached hydrogens (tertiary/aromatic N) is 2. The van der Waals surface area contributed by atoms with Gasteiger partial charge in [0.1, 0.15) is 0 Å². The van der Waals surface area contributed by atoms with Crippen molar-refractivity contribution in [3.05, 3.63) is 29.8 Å². The second kappa shape index (κ2) is 6.64. The molecule has 1 aromatic rings. The average molecular weight is 372 g/mol. The van der Waals surface area contributed by atoms with Crippen molar-refractivity contribution in [3.8, 4) is 0 Å². The molecule has 1 atom stereocenters. The molecule has 0 N–H and O–H groups in total. The Morgan fingerprint density at radius 1 is 1.16 bits per heavy atom. The minimum Gasteiger partial charge on any atom is -0.336 e. The van der Waals surface area contributed by atoms with Gasteiger partial charge in [0, 0.05) is 26.1 Å². The lowest BCUT2D eigenvalue weighted by atomic mass is 9.80. The van der Waals surface area contributed by atoms with Gasteiger partial charge in [0.15, 0.2) is 11.6 Å². The molecule has 1 aromatic carbocycles. The van der Waals surface area contributed by atoms with Crippen LogP contribution < -0.4 is 0 Å². The summed E-state index contributed by atoms with van der Waals surface area (Å²) in [6, 6.07) is 2.62. The van der Waals surface area contributed by atoms with Crippen molar-refractivity contribution in [2.45, 2.75) is 49.5 Å². The van der Waals surface area contributed by atoms with Gasteiger partial charge in [0.2, 0.25) is 15.9 Å². The average Bonchev–Trinajstić information content (AvgIpc) is 2.57. The van der Waals surface area contributed by atoms with E-state index in [1.807, 2.05) is 6.92 Å². The largest absolute Gasteiger partial charge is 0.336 e. The molecular weight excluding hydrogens is 350 g/mol. The lowest BCUT2D eigenvalue weighted by Gasteiger charge is -2.51. The Hall–Kier alpha value is -1.54. The van der Waals surface area contributed by atoms with Gasteiger partial charge in [-0.3, -0.25) is 4.79 Å². The number of benzene rings is 1. The molecule has 1 amide bonds. The predicted molar refractivity (Wildman–Crippen MR) is 88.3 cm³/mol. The molecule has 2 heterocycles. The van der Waals surface area contributed by atoms with E-state index in [4.69, 9.17) is 0 Å². The zero-order chi connectivity index (χ0) is 18.2. The van der Waals surface area contributed by atoms with Gasteiger partial charge in [-0.25, -0.2) is 17.2 Å². The van der Waals surface area contributed by atoms with Gasteiger partial charge >= 0.3 is 0 Å². The van der Waals surface area contributed by atoms with Crippen LogP contribution in [0.3, 0.4) is 0 Å². The highest BCUT2D eigenvalue weighted by atomic mass is 32.2. The van der Waals surface area contributed by atoms with Gasteiger partial charge in [0.25, 0.3) is 0 Å². The molecule has 1 spiro atoms. The number of carbonyl (C=O) groups is 1. The summed E-state index contributed by atoms with van der Waals surface area (Å²) >= 11 is 0. The number of hydrogen-bond donors (Lipinski definition) is 0. The van der Waals surface area contributed by atoms with E-state index in [0.717, 1.165) is 37.5 Å². The third kappa shape index (κ3) is 3.17. The molecule has 2 aliphatic heterocycles. The summed E-state index contributed by atoms with van der Waals surface area (Å²) in [4.78, 5) is 13.8. The Bertz CT molecular complexity index is 780. The number of piperidine rings is 2. The van der Waals surface area contributed by atoms with Crippen LogP contribution in [-0.4, -0.2) is 48.7 Å². The minimum absolute atomic E-state index is 0.0563. The highest BCUT2D eigenvalue weighted by molar-refractivity contribution is 7.89. The van der Waals surface area contributed by atoms with E-state index in [1.54, 1.807) is 4.90 Å². The number of likely N-dealkylation sites (tertiary alicyclic amines) is 1. The number of sulfonamides is 1. The van der Waals surface area contributed by atoms with Crippen LogP contribution in [0.25, 0.3) is 0 Å². The summed E-state index contributed by atoms with van der Waals surface area (Å²) in [7, 11) is -3.94. The third-order valence-corrected chi connectivity index (χ3v) is 7.11. The van der Waals surface area contributed by atoms with Crippen LogP contribution in [0.5, 0.6) is 0 Å². The standard InChI is InChI=1S/C17H22F2N2O3S/c1-2-21-16(22)5-3-8-17(21)9-4-10-20(12-17)25(23,24)13-6-7-14(18)15(19)11-13/h6-7,11H,2-5,8-10,12H2,1H3/t17-/m1/s1. The predicted octanol–water partition coefficient (Wildman–Crippen LogP) is 2.52. The molecule has 0 bridgehead atoms. The quantitative estimate of drug-likeness (QED) is 0.819. The molecule has 2 saturated heterocycles. The first kappa shape index (κ1) is 18.3. The smallest absolute Gasteiger partial charge is 0.243 e. The molecule has 0 saturated carbocycles. The van der Waals surface area contributed by atoms with Crippen LogP contribution in [-0.2, 0) is 14.8 Å². The molecule has 0 aliphatic carbocycles. The first-order valence-electron chi connectivity index (χ1n) is 8.56. The van der Waals surface area contributed by atoms with Gasteiger partial charge in [-0.2, -0.15) is 4.31 Å². The van der Waals surface area contributed by atoms with Crippen LogP contribution in [0.4, 0.5) is 8.78 Å². The molecule has 5 nitrogen and oxygen atoms in total. The Morgan fingerprint density at radius 2 is 1.88 bits per heavy atom. The second-order valence-corrected chi connectivity index (χ2v) is 8.67. The number of hydrogen-bond acceptors (Lipinski definition) is 3. The molecule has 3 rings (SSSR count). The molecule has 8 heteroatoms. The van der Waals surface area contributed by atoms with Crippen molar-refractivity contribution in [2.75, 3.05) is 19.6 Å². The lowest BCUT2D eigenvalue weighted by molar-refractivity contribution is -0.144. The van der Waals surface area contributed by atoms with Crippen LogP contribution in [0.15, 0.2) is 23.1 Å². The monoisotopic (exact) mass is 372 g/mol. The Morgan fingerprint density at radius 3 is 2.56 bits per heavy atom. The molecule has 0 aromatic heterocycles. The molecule has 2 fully saturated rings. The second-order valence-electron chi connectivity index (χ2n) is 6.73. The van der Waals surface area contributed by atoms with Gasteiger partial charge in [-0.1, -0.05) is 0 Å². The van der Waals surface area contributed by atoms with Gasteiger partial charge in [-0.15, -0.1) is 0 Å². The SMILES string of the molecule is CCN1C(=O)CCC[C@]12CCCN(S(=O)(=O)c1ccc(F)c(F)c1)C2. The maximum Gasteiger partial charge on any atom is 0.243 e. The van der Waals surface area contributed by atoms with Crippen LogP contribution >= 0.6 is 0 Å². The Balaban J connectivity index is 1.92. The van der Waals surface area contributed by atoms with Crippen LogP contribution in [0.1, 0.15) is 39.0 Å². The van der Waals surface area contributed by atoms with Gasteiger partial charge in [0.05, 0.1) is 10.4 Å². The summed E-state index contributed by atoms with van der Waals surface area (Å²) in [6.45, 7) is 2.95. The summed E-state index contributed by atoms with van der Waals surface area (Å²) in [6.07, 6.45) is 3.39. The fraction of sp³-hybridized carbons (Fsp3) is 0.588. The first-order chi connectivity index (χ1) is 11.8. The number of rotatable bonds is 3. The van der Waals surface area contributed by atoms with Crippen molar-refractivity contribution >= 4 is 15.9 Å². The Kier molecular flexibility index (Phi) is 4.85. The van der Waals surface area contributed by atoms with Crippen molar-refractivity contribution in [1.82, 2.24) is 9.21 Å². The Labute approximate surface area is 146 Å². The van der Waals surface area contributed by atoms with E-state index in [1.165, 1.54) is 4.31 Å². The maximum atomic E-state index is 13.5. The zero-order valence-electron chi connectivity index (χ0n) is 14.2. The van der Waals surface area contributed by atoms with Crippen molar-refractivity contribution in [3.63, 3.8) is 0 Å². The lowest BCUT2D eigenvalue weighted by Crippen LogP contribution is -2.62. The van der Waals surface area contributed by atoms with E-state index in [0.29, 0.717) is 25.9 Å². The number of halogens is 2. The van der Waals surface area contributed by atoms with Gasteiger partial charge in [-0.05, 0) is 50.8 Å². The highest BCUT2D eigenvalue weighted by Crippen LogP contribution is 2.38. The van der Waals surface area contributed by atoms with Crippen LogP contribution in [0.2, 0.25) is 0 Å². The molecule has 2 aliphatic rings. The summed E-state index contributed by atoms with van der Waals surface area (Å²) in [5.41, 5.74) is -0.492. The number of amides is 1. The fourth-order valence-corrected chi connectivity index (χ4v) is 5.67. The van der Waals surface area contributed by atoms with Crippen molar-refractivity contribution < 1.29 is 22.0 Å². The molecule has 25 heavy (non-hydrogen) atoms. The van der Waals surface area contributed by atoms with E-state index >= 15 is 0 Å². The zero-order valence-corrected chi connectivity index (χ0v) is 15.0. The maximum absolute atomic E-state index is 13.5. The third-order valence-electron chi connectivity index (χ3n) is 5.27. The molecule has 138 valence electrons. The molecular formula is C17H22F2N2O3S. The topological polar surface area (TPSA) is 57.7 Å². The van der Waals surface area contributed by atoms with E-state index < -0.39 is 27.2 Å². The summed E-state index contributed by atoms with van der Waals surface area (Å²) in [5.74, 6) is -2.21. The normalized spacial score (nSPS) is 25.6. The van der Waals surface area contributed by atoms with Crippen molar-refractivity contribution in [1.29, 1.82) is 0 Å². The van der Waals surface area contributed by atoms with Crippen molar-refractivity contribution in [2.24, 2.45) is 0 Å². The molecule has 0 radical (unpaired) electrons. The summed E-state index contributed by atoms with van der Waals surface area (Å²) < 4.78 is 53.7.